The fraction of sp³-hybridized carbons (Fsp3) is 0.286. The zero-order valence-corrected chi connectivity index (χ0v) is 15.7. The van der Waals surface area contributed by atoms with Gasteiger partial charge >= 0.3 is 0 Å². The number of rotatable bonds is 5. The van der Waals surface area contributed by atoms with E-state index in [1.165, 1.54) is 11.1 Å². The molecule has 0 radical (unpaired) electrons. The number of anilines is 1. The first-order chi connectivity index (χ1) is 12.4. The second-order valence-electron chi connectivity index (χ2n) is 6.44. The van der Waals surface area contributed by atoms with Crippen LogP contribution in [0.3, 0.4) is 0 Å². The van der Waals surface area contributed by atoms with Gasteiger partial charge in [0.2, 0.25) is 5.91 Å². The smallest absolute Gasteiger partial charge is 0.228 e. The molecule has 0 saturated carbocycles. The molecule has 5 nitrogen and oxygen atoms in total. The zero-order valence-electron chi connectivity index (χ0n) is 15.7. The number of nitrogens with one attached hydrogen (secondary N) is 1. The van der Waals surface area contributed by atoms with E-state index in [2.05, 4.69) is 18.3 Å². The van der Waals surface area contributed by atoms with E-state index in [1.807, 2.05) is 26.0 Å². The van der Waals surface area contributed by atoms with Crippen molar-refractivity contribution in [2.75, 3.05) is 19.5 Å². The molecule has 1 amide bonds. The molecular weight excluding hydrogens is 330 g/mol. The summed E-state index contributed by atoms with van der Waals surface area (Å²) in [5, 5.41) is 3.93. The highest BCUT2D eigenvalue weighted by Gasteiger charge is 2.14. The molecule has 0 saturated heterocycles. The summed E-state index contributed by atoms with van der Waals surface area (Å²) < 4.78 is 16.2. The summed E-state index contributed by atoms with van der Waals surface area (Å²) in [6, 6.07) is 7.68. The van der Waals surface area contributed by atoms with Gasteiger partial charge in [0.15, 0.2) is 11.5 Å². The van der Waals surface area contributed by atoms with Crippen molar-refractivity contribution < 1.29 is 18.7 Å². The molecule has 0 aliphatic carbocycles. The van der Waals surface area contributed by atoms with Crippen molar-refractivity contribution in [1.82, 2.24) is 0 Å². The van der Waals surface area contributed by atoms with Crippen LogP contribution in [0.4, 0.5) is 5.69 Å². The fourth-order valence-corrected chi connectivity index (χ4v) is 2.96. The van der Waals surface area contributed by atoms with Crippen LogP contribution < -0.4 is 14.8 Å². The molecule has 0 spiro atoms. The third kappa shape index (κ3) is 3.38. The van der Waals surface area contributed by atoms with Crippen LogP contribution in [0.2, 0.25) is 0 Å². The molecule has 0 atom stereocenters. The Kier molecular flexibility index (Phi) is 4.89. The predicted molar refractivity (Wildman–Crippen MR) is 102 cm³/mol. The summed E-state index contributed by atoms with van der Waals surface area (Å²) >= 11 is 0. The van der Waals surface area contributed by atoms with E-state index in [0.29, 0.717) is 17.2 Å². The molecule has 0 aliphatic heterocycles. The first-order valence-corrected chi connectivity index (χ1v) is 8.42. The molecule has 1 aromatic heterocycles. The molecule has 1 N–H and O–H groups in total. The van der Waals surface area contributed by atoms with Gasteiger partial charge < -0.3 is 19.2 Å². The van der Waals surface area contributed by atoms with Gasteiger partial charge in [0.25, 0.3) is 0 Å². The lowest BCUT2D eigenvalue weighted by Crippen LogP contribution is -2.15. The van der Waals surface area contributed by atoms with Gasteiger partial charge in [0, 0.05) is 22.7 Å². The molecule has 1 heterocycles. The van der Waals surface area contributed by atoms with Crippen LogP contribution in [0.5, 0.6) is 11.5 Å². The number of furan rings is 1. The molecule has 5 heteroatoms. The highest BCUT2D eigenvalue weighted by atomic mass is 16.5. The number of fused-ring (bicyclic) bond motifs is 1. The normalized spacial score (nSPS) is 10.8. The van der Waals surface area contributed by atoms with Gasteiger partial charge in [-0.1, -0.05) is 0 Å². The maximum absolute atomic E-state index is 12.6. The van der Waals surface area contributed by atoms with Gasteiger partial charge in [-0.05, 0) is 55.7 Å². The van der Waals surface area contributed by atoms with Crippen LogP contribution in [0, 0.1) is 20.8 Å². The van der Waals surface area contributed by atoms with Crippen LogP contribution in [0.25, 0.3) is 11.0 Å². The van der Waals surface area contributed by atoms with Crippen molar-refractivity contribution in [3.05, 3.63) is 52.8 Å². The quantitative estimate of drug-likeness (QED) is 0.731. The van der Waals surface area contributed by atoms with E-state index in [0.717, 1.165) is 22.1 Å². The lowest BCUT2D eigenvalue weighted by Gasteiger charge is -2.13. The third-order valence-corrected chi connectivity index (χ3v) is 4.63. The second-order valence-corrected chi connectivity index (χ2v) is 6.44. The molecule has 3 aromatic rings. The van der Waals surface area contributed by atoms with Crippen LogP contribution >= 0.6 is 0 Å². The van der Waals surface area contributed by atoms with Gasteiger partial charge in [0.05, 0.1) is 26.9 Å². The summed E-state index contributed by atoms with van der Waals surface area (Å²) in [4.78, 5) is 12.6. The largest absolute Gasteiger partial charge is 0.493 e. The molecule has 26 heavy (non-hydrogen) atoms. The summed E-state index contributed by atoms with van der Waals surface area (Å²) in [6.45, 7) is 6.01. The van der Waals surface area contributed by atoms with E-state index in [9.17, 15) is 4.79 Å². The third-order valence-electron chi connectivity index (χ3n) is 4.63. The predicted octanol–water partition coefficient (Wildman–Crippen LogP) is 4.56. The van der Waals surface area contributed by atoms with Gasteiger partial charge in [-0.25, -0.2) is 0 Å². The maximum atomic E-state index is 12.6. The van der Waals surface area contributed by atoms with Gasteiger partial charge in [-0.3, -0.25) is 4.79 Å². The Labute approximate surface area is 152 Å². The molecule has 2 aromatic carbocycles. The molecule has 0 bridgehead atoms. The molecule has 0 aliphatic rings. The van der Waals surface area contributed by atoms with E-state index in [-0.39, 0.29) is 12.3 Å². The van der Waals surface area contributed by atoms with E-state index in [1.54, 1.807) is 26.5 Å². The van der Waals surface area contributed by atoms with Gasteiger partial charge in [-0.15, -0.1) is 0 Å². The van der Waals surface area contributed by atoms with Crippen molar-refractivity contribution in [3.63, 3.8) is 0 Å². The summed E-state index contributed by atoms with van der Waals surface area (Å²) in [6.07, 6.45) is 1.90. The minimum absolute atomic E-state index is 0.110. The summed E-state index contributed by atoms with van der Waals surface area (Å²) in [5.41, 5.74) is 5.63. The number of carbonyl (C=O) groups is 1. The zero-order chi connectivity index (χ0) is 18.8. The topological polar surface area (TPSA) is 60.7 Å². The Morgan fingerprint density at radius 1 is 0.962 bits per heavy atom. The number of amides is 1. The van der Waals surface area contributed by atoms with Gasteiger partial charge in [-0.2, -0.15) is 0 Å². The number of aryl methyl sites for hydroxylation is 3. The number of methoxy groups -OCH3 is 2. The maximum Gasteiger partial charge on any atom is 0.228 e. The highest BCUT2D eigenvalue weighted by Crippen LogP contribution is 2.33. The van der Waals surface area contributed by atoms with Crippen molar-refractivity contribution >= 4 is 22.6 Å². The molecule has 0 unspecified atom stereocenters. The average Bonchev–Trinajstić information content (AvgIpc) is 2.98. The molecule has 136 valence electrons. The Hall–Kier alpha value is -2.95. The van der Waals surface area contributed by atoms with E-state index < -0.39 is 0 Å². The van der Waals surface area contributed by atoms with Crippen molar-refractivity contribution in [3.8, 4) is 11.5 Å². The monoisotopic (exact) mass is 353 g/mol. The Morgan fingerprint density at radius 2 is 1.62 bits per heavy atom. The molecule has 0 fully saturated rings. The first-order valence-electron chi connectivity index (χ1n) is 8.42. The molecular formula is C21H23NO4. The molecule has 3 rings (SSSR count). The number of carbonyl (C=O) groups excluding carboxylic acids is 1. The lowest BCUT2D eigenvalue weighted by atomic mass is 10.0. The second kappa shape index (κ2) is 7.12. The summed E-state index contributed by atoms with van der Waals surface area (Å²) in [5.74, 6) is 1.10. The van der Waals surface area contributed by atoms with Crippen LogP contribution in [-0.2, 0) is 11.2 Å². The number of hydrogen-bond donors (Lipinski definition) is 1. The SMILES string of the molecule is COc1cc(C)c(NC(=O)Cc2coc3cc(C)c(C)cc23)cc1OC. The number of benzene rings is 2. The number of ether oxygens (including phenoxy) is 2. The van der Waals surface area contributed by atoms with Crippen LogP contribution in [-0.4, -0.2) is 20.1 Å². The van der Waals surface area contributed by atoms with E-state index >= 15 is 0 Å². The average molecular weight is 353 g/mol. The van der Waals surface area contributed by atoms with Crippen molar-refractivity contribution in [2.45, 2.75) is 27.2 Å². The standard InChI is InChI=1S/C21H23NO4/c1-12-6-16-15(11-26-18(16)7-13(12)2)9-21(23)22-17-10-20(25-5)19(24-4)8-14(17)3/h6-8,10-11H,9H2,1-5H3,(H,22,23). The highest BCUT2D eigenvalue weighted by molar-refractivity contribution is 5.96. The van der Waals surface area contributed by atoms with Crippen LogP contribution in [0.15, 0.2) is 34.9 Å². The summed E-state index contributed by atoms with van der Waals surface area (Å²) in [7, 11) is 3.16. The lowest BCUT2D eigenvalue weighted by molar-refractivity contribution is -0.115. The Morgan fingerprint density at radius 3 is 2.31 bits per heavy atom. The van der Waals surface area contributed by atoms with Crippen LogP contribution in [0.1, 0.15) is 22.3 Å². The Balaban J connectivity index is 1.83. The minimum Gasteiger partial charge on any atom is -0.493 e. The Bertz CT molecular complexity index is 972. The minimum atomic E-state index is -0.110. The van der Waals surface area contributed by atoms with Gasteiger partial charge in [0.1, 0.15) is 5.58 Å². The number of hydrogen-bond acceptors (Lipinski definition) is 4. The van der Waals surface area contributed by atoms with Crippen molar-refractivity contribution in [1.29, 1.82) is 0 Å². The first kappa shape index (κ1) is 17.9. The van der Waals surface area contributed by atoms with E-state index in [4.69, 9.17) is 13.9 Å². The fourth-order valence-electron chi connectivity index (χ4n) is 2.96. The van der Waals surface area contributed by atoms with Crippen molar-refractivity contribution in [2.24, 2.45) is 0 Å².